The predicted molar refractivity (Wildman–Crippen MR) is 70.6 cm³/mol. The molecule has 1 aromatic carbocycles. The van der Waals surface area contributed by atoms with E-state index >= 15 is 0 Å². The molecule has 0 bridgehead atoms. The molecule has 17 heavy (non-hydrogen) atoms. The van der Waals surface area contributed by atoms with Crippen molar-refractivity contribution in [2.75, 3.05) is 17.7 Å². The smallest absolute Gasteiger partial charge is 0.250 e. The van der Waals surface area contributed by atoms with Crippen molar-refractivity contribution in [3.8, 4) is 0 Å². The summed E-state index contributed by atoms with van der Waals surface area (Å²) in [6.45, 7) is 3.64. The third-order valence-corrected chi connectivity index (χ3v) is 2.41. The molecular formula is C11H14Cl2N2O2. The molecule has 1 aromatic rings. The molecule has 0 saturated carbocycles. The van der Waals surface area contributed by atoms with Gasteiger partial charge in [-0.15, -0.1) is 0 Å². The lowest BCUT2D eigenvalue weighted by molar-refractivity contribution is -0.121. The van der Waals surface area contributed by atoms with Gasteiger partial charge in [-0.3, -0.25) is 4.79 Å². The van der Waals surface area contributed by atoms with Crippen LogP contribution in [0.3, 0.4) is 0 Å². The summed E-state index contributed by atoms with van der Waals surface area (Å²) in [4.78, 5) is 11.5. The summed E-state index contributed by atoms with van der Waals surface area (Å²) in [5.74, 6) is -0.311. The van der Waals surface area contributed by atoms with Gasteiger partial charge in [-0.05, 0) is 26.0 Å². The second-order valence-corrected chi connectivity index (χ2v) is 4.60. The lowest BCUT2D eigenvalue weighted by atomic mass is 10.2. The molecule has 0 unspecified atom stereocenters. The lowest BCUT2D eigenvalue weighted by Crippen LogP contribution is -2.21. The van der Waals surface area contributed by atoms with Crippen molar-refractivity contribution in [1.82, 2.24) is 0 Å². The molecule has 0 aliphatic heterocycles. The number of benzene rings is 1. The first-order chi connectivity index (χ1) is 7.90. The number of carbonyl (C=O) groups excluding carboxylic acids is 1. The average Bonchev–Trinajstić information content (AvgIpc) is 2.20. The van der Waals surface area contributed by atoms with E-state index in [4.69, 9.17) is 33.7 Å². The zero-order valence-corrected chi connectivity index (χ0v) is 11.1. The Morgan fingerprint density at radius 3 is 2.65 bits per heavy atom. The summed E-state index contributed by atoms with van der Waals surface area (Å²) in [5.41, 5.74) is 6.38. The Kier molecular flexibility index (Phi) is 5.05. The fourth-order valence-electron chi connectivity index (χ4n) is 1.14. The van der Waals surface area contributed by atoms with E-state index in [0.29, 0.717) is 21.4 Å². The number of anilines is 2. The maximum absolute atomic E-state index is 11.5. The summed E-state index contributed by atoms with van der Waals surface area (Å²) in [7, 11) is 0. The van der Waals surface area contributed by atoms with Crippen LogP contribution in [0.25, 0.3) is 0 Å². The normalized spacial score (nSPS) is 10.6. The Morgan fingerprint density at radius 2 is 2.12 bits per heavy atom. The van der Waals surface area contributed by atoms with Gasteiger partial charge in [-0.1, -0.05) is 23.2 Å². The summed E-state index contributed by atoms with van der Waals surface area (Å²) in [6, 6.07) is 3.03. The summed E-state index contributed by atoms with van der Waals surface area (Å²) < 4.78 is 5.16. The second-order valence-electron chi connectivity index (χ2n) is 3.76. The molecule has 0 aliphatic rings. The van der Waals surface area contributed by atoms with Crippen LogP contribution >= 0.6 is 23.2 Å². The van der Waals surface area contributed by atoms with E-state index in [1.165, 1.54) is 12.1 Å². The minimum Gasteiger partial charge on any atom is -0.397 e. The molecule has 0 aliphatic carbocycles. The Bertz CT molecular complexity index is 399. The standard InChI is InChI=1S/C11H14Cl2N2O2/c1-6(2)17-5-10(16)15-11-8(13)3-7(12)4-9(11)14/h3-4,6H,5,14H2,1-2H3,(H,15,16). The number of carbonyl (C=O) groups is 1. The molecule has 0 saturated heterocycles. The van der Waals surface area contributed by atoms with Crippen LogP contribution in [0.2, 0.25) is 10.0 Å². The van der Waals surface area contributed by atoms with E-state index in [1.807, 2.05) is 13.8 Å². The number of halogens is 2. The number of amides is 1. The Morgan fingerprint density at radius 1 is 1.47 bits per heavy atom. The third-order valence-electron chi connectivity index (χ3n) is 1.90. The molecule has 0 fully saturated rings. The van der Waals surface area contributed by atoms with Gasteiger partial charge in [-0.25, -0.2) is 0 Å². The molecule has 3 N–H and O–H groups in total. The van der Waals surface area contributed by atoms with Crippen LogP contribution in [0.1, 0.15) is 13.8 Å². The number of nitrogen functional groups attached to an aromatic ring is 1. The van der Waals surface area contributed by atoms with Crippen LogP contribution in [0.5, 0.6) is 0 Å². The first kappa shape index (κ1) is 14.1. The SMILES string of the molecule is CC(C)OCC(=O)Nc1c(N)cc(Cl)cc1Cl. The van der Waals surface area contributed by atoms with E-state index in [2.05, 4.69) is 5.32 Å². The van der Waals surface area contributed by atoms with E-state index in [-0.39, 0.29) is 18.6 Å². The molecular weight excluding hydrogens is 263 g/mol. The van der Waals surface area contributed by atoms with Crippen molar-refractivity contribution in [3.05, 3.63) is 22.2 Å². The summed E-state index contributed by atoms with van der Waals surface area (Å²) in [6.07, 6.45) is -0.0150. The van der Waals surface area contributed by atoms with Gasteiger partial charge in [0.2, 0.25) is 5.91 Å². The zero-order valence-electron chi connectivity index (χ0n) is 9.59. The summed E-state index contributed by atoms with van der Waals surface area (Å²) >= 11 is 11.7. The van der Waals surface area contributed by atoms with Crippen LogP contribution in [0.4, 0.5) is 11.4 Å². The number of hydrogen-bond acceptors (Lipinski definition) is 3. The number of nitrogens with one attached hydrogen (secondary N) is 1. The lowest BCUT2D eigenvalue weighted by Gasteiger charge is -2.12. The molecule has 0 spiro atoms. The van der Waals surface area contributed by atoms with Gasteiger partial charge in [0.1, 0.15) is 6.61 Å². The number of hydrogen-bond donors (Lipinski definition) is 2. The van der Waals surface area contributed by atoms with Crippen LogP contribution in [0, 0.1) is 0 Å². The zero-order chi connectivity index (χ0) is 13.0. The molecule has 4 nitrogen and oxygen atoms in total. The van der Waals surface area contributed by atoms with Crippen LogP contribution < -0.4 is 11.1 Å². The molecule has 0 radical (unpaired) electrons. The van der Waals surface area contributed by atoms with Gasteiger partial charge in [0, 0.05) is 5.02 Å². The molecule has 1 amide bonds. The Labute approximate surface area is 110 Å². The summed E-state index contributed by atoms with van der Waals surface area (Å²) in [5, 5.41) is 3.30. The highest BCUT2D eigenvalue weighted by Crippen LogP contribution is 2.31. The van der Waals surface area contributed by atoms with Crippen LogP contribution in [-0.2, 0) is 9.53 Å². The third kappa shape index (κ3) is 4.42. The largest absolute Gasteiger partial charge is 0.397 e. The Hall–Kier alpha value is -0.970. The predicted octanol–water partition coefficient (Wildman–Crippen LogP) is 2.94. The minimum absolute atomic E-state index is 0.0150. The minimum atomic E-state index is -0.311. The fourth-order valence-corrected chi connectivity index (χ4v) is 1.70. The van der Waals surface area contributed by atoms with Crippen molar-refractivity contribution < 1.29 is 9.53 Å². The van der Waals surface area contributed by atoms with Gasteiger partial charge in [-0.2, -0.15) is 0 Å². The molecule has 1 rings (SSSR count). The van der Waals surface area contributed by atoms with E-state index < -0.39 is 0 Å². The van der Waals surface area contributed by atoms with Gasteiger partial charge in [0.25, 0.3) is 0 Å². The van der Waals surface area contributed by atoms with Crippen molar-refractivity contribution >= 4 is 40.5 Å². The van der Waals surface area contributed by atoms with Crippen LogP contribution in [-0.4, -0.2) is 18.6 Å². The molecule has 0 atom stereocenters. The van der Waals surface area contributed by atoms with E-state index in [9.17, 15) is 4.79 Å². The van der Waals surface area contributed by atoms with Gasteiger partial charge in [0.15, 0.2) is 0 Å². The second kappa shape index (κ2) is 6.10. The maximum atomic E-state index is 11.5. The highest BCUT2D eigenvalue weighted by Gasteiger charge is 2.11. The highest BCUT2D eigenvalue weighted by molar-refractivity contribution is 6.37. The van der Waals surface area contributed by atoms with Gasteiger partial charge in [0.05, 0.1) is 22.5 Å². The first-order valence-corrected chi connectivity index (χ1v) is 5.81. The Balaban J connectivity index is 2.72. The van der Waals surface area contributed by atoms with Crippen molar-refractivity contribution in [2.45, 2.75) is 20.0 Å². The topological polar surface area (TPSA) is 64.3 Å². The van der Waals surface area contributed by atoms with E-state index in [1.54, 1.807) is 0 Å². The highest BCUT2D eigenvalue weighted by atomic mass is 35.5. The van der Waals surface area contributed by atoms with Crippen molar-refractivity contribution in [1.29, 1.82) is 0 Å². The van der Waals surface area contributed by atoms with Gasteiger partial charge >= 0.3 is 0 Å². The first-order valence-electron chi connectivity index (χ1n) is 5.06. The molecule has 0 aromatic heterocycles. The number of rotatable bonds is 4. The maximum Gasteiger partial charge on any atom is 0.250 e. The van der Waals surface area contributed by atoms with E-state index in [0.717, 1.165) is 0 Å². The van der Waals surface area contributed by atoms with Crippen LogP contribution in [0.15, 0.2) is 12.1 Å². The monoisotopic (exact) mass is 276 g/mol. The average molecular weight is 277 g/mol. The van der Waals surface area contributed by atoms with Gasteiger partial charge < -0.3 is 15.8 Å². The molecule has 94 valence electrons. The van der Waals surface area contributed by atoms with Crippen molar-refractivity contribution in [2.24, 2.45) is 0 Å². The quantitative estimate of drug-likeness (QED) is 0.831. The number of nitrogens with two attached hydrogens (primary N) is 1. The number of ether oxygens (including phenoxy) is 1. The van der Waals surface area contributed by atoms with Crippen molar-refractivity contribution in [3.63, 3.8) is 0 Å². The molecule has 0 heterocycles. The fraction of sp³-hybridized carbons (Fsp3) is 0.364. The molecule has 6 heteroatoms.